The molecule has 18 heavy (non-hydrogen) atoms. The second-order valence-electron chi connectivity index (χ2n) is 3.21. The fourth-order valence-corrected chi connectivity index (χ4v) is 2.90. The molecular formula is C9H10N4O3S2. The van der Waals surface area contributed by atoms with E-state index in [1.54, 1.807) is 18.2 Å². The number of hydrogen-bond donors (Lipinski definition) is 1. The van der Waals surface area contributed by atoms with Gasteiger partial charge in [0.25, 0.3) is 15.9 Å². The van der Waals surface area contributed by atoms with Crippen LogP contribution in [0.1, 0.15) is 0 Å². The third-order valence-electron chi connectivity index (χ3n) is 2.14. The minimum Gasteiger partial charge on any atom is -0.478 e. The van der Waals surface area contributed by atoms with E-state index in [0.29, 0.717) is 4.41 Å². The maximum absolute atomic E-state index is 12.2. The van der Waals surface area contributed by atoms with Crippen molar-refractivity contribution in [3.8, 4) is 5.88 Å². The molecule has 0 aliphatic heterocycles. The van der Waals surface area contributed by atoms with Crippen LogP contribution in [0.2, 0.25) is 0 Å². The average molecular weight is 286 g/mol. The SMILES string of the molecule is COc1nsnc1N(N)S(=O)(=O)c1ccccc1. The summed E-state index contributed by atoms with van der Waals surface area (Å²) in [5, 5.41) is 0. The van der Waals surface area contributed by atoms with Crippen LogP contribution >= 0.6 is 11.7 Å². The zero-order chi connectivity index (χ0) is 13.2. The van der Waals surface area contributed by atoms with Crippen molar-refractivity contribution in [3.63, 3.8) is 0 Å². The summed E-state index contributed by atoms with van der Waals surface area (Å²) in [6.07, 6.45) is 0. The minimum absolute atomic E-state index is 0.0358. The Balaban J connectivity index is 2.43. The van der Waals surface area contributed by atoms with Crippen LogP contribution < -0.4 is 15.0 Å². The predicted molar refractivity (Wildman–Crippen MR) is 66.8 cm³/mol. The normalized spacial score (nSPS) is 11.2. The van der Waals surface area contributed by atoms with Gasteiger partial charge in [-0.3, -0.25) is 0 Å². The first-order valence-electron chi connectivity index (χ1n) is 4.79. The molecule has 0 aliphatic carbocycles. The second kappa shape index (κ2) is 4.88. The van der Waals surface area contributed by atoms with Crippen molar-refractivity contribution in [1.29, 1.82) is 0 Å². The molecule has 0 atom stereocenters. The summed E-state index contributed by atoms with van der Waals surface area (Å²) in [6, 6.07) is 7.82. The lowest BCUT2D eigenvalue weighted by atomic mass is 10.4. The van der Waals surface area contributed by atoms with E-state index in [2.05, 4.69) is 8.75 Å². The van der Waals surface area contributed by atoms with Gasteiger partial charge in [-0.15, -0.1) is 8.75 Å². The summed E-state index contributed by atoms with van der Waals surface area (Å²) >= 11 is 0.819. The highest BCUT2D eigenvalue weighted by Crippen LogP contribution is 2.27. The minimum atomic E-state index is -3.86. The van der Waals surface area contributed by atoms with E-state index in [9.17, 15) is 8.42 Å². The van der Waals surface area contributed by atoms with Crippen LogP contribution in [0.5, 0.6) is 5.88 Å². The van der Waals surface area contributed by atoms with Crippen molar-refractivity contribution >= 4 is 27.6 Å². The largest absolute Gasteiger partial charge is 0.478 e. The van der Waals surface area contributed by atoms with Gasteiger partial charge in [-0.25, -0.2) is 5.84 Å². The second-order valence-corrected chi connectivity index (χ2v) is 5.55. The van der Waals surface area contributed by atoms with Crippen LogP contribution in [0, 0.1) is 0 Å². The molecule has 2 N–H and O–H groups in total. The Kier molecular flexibility index (Phi) is 3.45. The van der Waals surface area contributed by atoms with Gasteiger partial charge in [-0.05, 0) is 12.1 Å². The highest BCUT2D eigenvalue weighted by atomic mass is 32.2. The van der Waals surface area contributed by atoms with Crippen LogP contribution in [0.3, 0.4) is 0 Å². The predicted octanol–water partition coefficient (Wildman–Crippen LogP) is 0.616. The van der Waals surface area contributed by atoms with E-state index < -0.39 is 10.0 Å². The van der Waals surface area contributed by atoms with Crippen molar-refractivity contribution in [1.82, 2.24) is 8.75 Å². The summed E-state index contributed by atoms with van der Waals surface area (Å²) in [5.74, 6) is 5.63. The number of hydrogen-bond acceptors (Lipinski definition) is 7. The highest BCUT2D eigenvalue weighted by molar-refractivity contribution is 7.92. The molecule has 96 valence electrons. The lowest BCUT2D eigenvalue weighted by Crippen LogP contribution is -2.37. The Morgan fingerprint density at radius 2 is 1.94 bits per heavy atom. The molecule has 0 amide bonds. The van der Waals surface area contributed by atoms with Crippen molar-refractivity contribution in [2.45, 2.75) is 4.90 Å². The topological polar surface area (TPSA) is 98.4 Å². The molecule has 0 saturated carbocycles. The van der Waals surface area contributed by atoms with E-state index in [1.807, 2.05) is 0 Å². The van der Waals surface area contributed by atoms with Gasteiger partial charge in [0.15, 0.2) is 0 Å². The zero-order valence-electron chi connectivity index (χ0n) is 9.35. The first kappa shape index (κ1) is 12.7. The summed E-state index contributed by atoms with van der Waals surface area (Å²) in [7, 11) is -2.49. The van der Waals surface area contributed by atoms with E-state index in [-0.39, 0.29) is 16.6 Å². The maximum Gasteiger partial charge on any atom is 0.279 e. The molecule has 0 bridgehead atoms. The summed E-state index contributed by atoms with van der Waals surface area (Å²) in [5.41, 5.74) is 0. The van der Waals surface area contributed by atoms with Crippen LogP contribution in [-0.2, 0) is 10.0 Å². The number of nitrogens with two attached hydrogens (primary N) is 1. The maximum atomic E-state index is 12.2. The number of anilines is 1. The van der Waals surface area contributed by atoms with Gasteiger partial charge in [0.05, 0.1) is 23.7 Å². The Bertz CT molecular complexity index is 626. The number of nitrogens with zero attached hydrogens (tertiary/aromatic N) is 3. The molecule has 2 aromatic rings. The number of sulfonamides is 1. The molecule has 0 aliphatic rings. The third kappa shape index (κ3) is 2.15. The molecule has 1 heterocycles. The Morgan fingerprint density at radius 3 is 2.56 bits per heavy atom. The fraction of sp³-hybridized carbons (Fsp3) is 0.111. The molecule has 0 saturated heterocycles. The number of methoxy groups -OCH3 is 1. The number of ether oxygens (including phenoxy) is 1. The van der Waals surface area contributed by atoms with Crippen LogP contribution in [-0.4, -0.2) is 24.3 Å². The summed E-state index contributed by atoms with van der Waals surface area (Å²) in [6.45, 7) is 0. The highest BCUT2D eigenvalue weighted by Gasteiger charge is 2.27. The Hall–Kier alpha value is -1.71. The molecule has 7 nitrogen and oxygen atoms in total. The van der Waals surface area contributed by atoms with Crippen LogP contribution in [0.4, 0.5) is 5.82 Å². The molecule has 0 radical (unpaired) electrons. The molecule has 0 spiro atoms. The lowest BCUT2D eigenvalue weighted by molar-refractivity contribution is 0.402. The first-order chi connectivity index (χ1) is 8.57. The smallest absolute Gasteiger partial charge is 0.279 e. The van der Waals surface area contributed by atoms with Crippen molar-refractivity contribution in [2.75, 3.05) is 11.5 Å². The Labute approximate surface area is 108 Å². The van der Waals surface area contributed by atoms with E-state index in [4.69, 9.17) is 10.6 Å². The number of hydrazine groups is 1. The Morgan fingerprint density at radius 1 is 1.28 bits per heavy atom. The van der Waals surface area contributed by atoms with Crippen molar-refractivity contribution in [2.24, 2.45) is 5.84 Å². The number of aromatic nitrogens is 2. The molecule has 0 fully saturated rings. The molecule has 1 aromatic carbocycles. The number of benzene rings is 1. The van der Waals surface area contributed by atoms with Gasteiger partial charge in [0.2, 0.25) is 5.82 Å². The van der Waals surface area contributed by atoms with Gasteiger partial charge in [-0.1, -0.05) is 18.2 Å². The van der Waals surface area contributed by atoms with Gasteiger partial charge >= 0.3 is 0 Å². The molecule has 9 heteroatoms. The van der Waals surface area contributed by atoms with Crippen LogP contribution in [0.25, 0.3) is 0 Å². The van der Waals surface area contributed by atoms with E-state index in [0.717, 1.165) is 11.7 Å². The standard InChI is InChI=1S/C9H10N4O3S2/c1-16-9-8(11-17-12-9)13(10)18(14,15)7-5-3-2-4-6-7/h2-6H,10H2,1H3. The van der Waals surface area contributed by atoms with Gasteiger partial charge in [0.1, 0.15) is 0 Å². The van der Waals surface area contributed by atoms with Gasteiger partial charge < -0.3 is 4.74 Å². The number of rotatable bonds is 4. The lowest BCUT2D eigenvalue weighted by Gasteiger charge is -2.16. The first-order valence-corrected chi connectivity index (χ1v) is 6.96. The van der Waals surface area contributed by atoms with E-state index in [1.165, 1.54) is 19.2 Å². The van der Waals surface area contributed by atoms with E-state index >= 15 is 0 Å². The third-order valence-corrected chi connectivity index (χ3v) is 4.21. The zero-order valence-corrected chi connectivity index (χ0v) is 11.0. The van der Waals surface area contributed by atoms with Crippen molar-refractivity contribution in [3.05, 3.63) is 30.3 Å². The molecule has 0 unspecified atom stereocenters. The van der Waals surface area contributed by atoms with Crippen molar-refractivity contribution < 1.29 is 13.2 Å². The summed E-state index contributed by atoms with van der Waals surface area (Å²) < 4.78 is 37.4. The molecule has 2 rings (SSSR count). The molecular weight excluding hydrogens is 276 g/mol. The monoisotopic (exact) mass is 286 g/mol. The quantitative estimate of drug-likeness (QED) is 0.653. The summed E-state index contributed by atoms with van der Waals surface area (Å²) in [4.78, 5) is 0.0718. The van der Waals surface area contributed by atoms with Gasteiger partial charge in [-0.2, -0.15) is 12.8 Å². The molecule has 1 aromatic heterocycles. The van der Waals surface area contributed by atoms with Crippen LogP contribution in [0.15, 0.2) is 35.2 Å². The van der Waals surface area contributed by atoms with Gasteiger partial charge in [0, 0.05) is 0 Å². The fourth-order valence-electron chi connectivity index (χ4n) is 1.26. The average Bonchev–Trinajstić information content (AvgIpc) is 2.87.